The summed E-state index contributed by atoms with van der Waals surface area (Å²) in [4.78, 5) is 12.0. The molecule has 0 radical (unpaired) electrons. The number of carbonyl (C=O) groups is 1. The Labute approximate surface area is 173 Å². The number of methoxy groups -OCH3 is 1. The van der Waals surface area contributed by atoms with E-state index in [4.69, 9.17) is 4.74 Å². The minimum absolute atomic E-state index is 0.0447. The highest BCUT2D eigenvalue weighted by atomic mass is 19.4. The number of halogens is 7. The van der Waals surface area contributed by atoms with Crippen molar-refractivity contribution in [3.8, 4) is 11.5 Å². The maximum atomic E-state index is 13.1. The second-order valence-corrected chi connectivity index (χ2v) is 6.47. The zero-order valence-electron chi connectivity index (χ0n) is 16.2. The van der Waals surface area contributed by atoms with Crippen LogP contribution in [0.25, 0.3) is 0 Å². The monoisotopic (exact) mass is 453 g/mol. The van der Waals surface area contributed by atoms with Crippen LogP contribution in [-0.4, -0.2) is 25.8 Å². The smallest absolute Gasteiger partial charge is 0.422 e. The number of aryl methyl sites for hydroxylation is 1. The maximum absolute atomic E-state index is 13.1. The van der Waals surface area contributed by atoms with Gasteiger partial charge in [-0.15, -0.1) is 0 Å². The average molecular weight is 453 g/mol. The van der Waals surface area contributed by atoms with Crippen molar-refractivity contribution in [2.75, 3.05) is 13.7 Å². The topological polar surface area (TPSA) is 47.6 Å². The Kier molecular flexibility index (Phi) is 7.75. The highest BCUT2D eigenvalue weighted by molar-refractivity contribution is 5.76. The van der Waals surface area contributed by atoms with Crippen LogP contribution in [0.3, 0.4) is 0 Å². The molecule has 0 unspecified atom stereocenters. The molecular weight excluding hydrogens is 435 g/mol. The molecule has 0 spiro atoms. The van der Waals surface area contributed by atoms with Gasteiger partial charge in [-0.2, -0.15) is 26.3 Å². The van der Waals surface area contributed by atoms with Gasteiger partial charge in [-0.3, -0.25) is 4.79 Å². The third-order valence-corrected chi connectivity index (χ3v) is 4.11. The molecule has 2 aromatic rings. The molecule has 0 fully saturated rings. The quantitative estimate of drug-likeness (QED) is 0.570. The molecule has 1 N–H and O–H groups in total. The van der Waals surface area contributed by atoms with E-state index in [1.807, 2.05) is 0 Å². The molecule has 0 saturated carbocycles. The van der Waals surface area contributed by atoms with Crippen LogP contribution in [0, 0.1) is 5.82 Å². The van der Waals surface area contributed by atoms with Gasteiger partial charge in [-0.25, -0.2) is 4.39 Å². The van der Waals surface area contributed by atoms with Crippen molar-refractivity contribution in [3.63, 3.8) is 0 Å². The first-order valence-electron chi connectivity index (χ1n) is 8.88. The van der Waals surface area contributed by atoms with E-state index in [0.29, 0.717) is 11.6 Å². The van der Waals surface area contributed by atoms with Crippen LogP contribution >= 0.6 is 0 Å². The van der Waals surface area contributed by atoms with Gasteiger partial charge in [-0.05, 0) is 41.8 Å². The standard InChI is InChI=1S/C20H18F7NO3/c1-30-17-8-12(2-6-16(17)31-11-19(22,23)24)3-7-18(29)28-10-13-4-5-14(21)9-15(13)20(25,26)27/h2,4-6,8-9H,3,7,10-11H2,1H3,(H,28,29). The van der Waals surface area contributed by atoms with Gasteiger partial charge in [-0.1, -0.05) is 12.1 Å². The summed E-state index contributed by atoms with van der Waals surface area (Å²) >= 11 is 0. The van der Waals surface area contributed by atoms with E-state index in [0.717, 1.165) is 12.1 Å². The summed E-state index contributed by atoms with van der Waals surface area (Å²) in [6.07, 6.45) is -9.24. The number of ether oxygens (including phenoxy) is 2. The van der Waals surface area contributed by atoms with Crippen LogP contribution < -0.4 is 14.8 Å². The van der Waals surface area contributed by atoms with E-state index in [1.165, 1.54) is 25.3 Å². The number of amides is 1. The minimum atomic E-state index is -4.77. The van der Waals surface area contributed by atoms with Gasteiger partial charge in [0.2, 0.25) is 5.91 Å². The Hall–Kier alpha value is -2.98. The van der Waals surface area contributed by atoms with Crippen LogP contribution in [-0.2, 0) is 23.9 Å². The van der Waals surface area contributed by atoms with Crippen molar-refractivity contribution in [2.45, 2.75) is 31.7 Å². The normalized spacial score (nSPS) is 11.9. The molecule has 0 saturated heterocycles. The summed E-state index contributed by atoms with van der Waals surface area (Å²) in [6, 6.07) is 6.29. The molecule has 0 atom stereocenters. The van der Waals surface area contributed by atoms with Crippen LogP contribution in [0.5, 0.6) is 11.5 Å². The summed E-state index contributed by atoms with van der Waals surface area (Å²) in [5, 5.41) is 2.34. The second kappa shape index (κ2) is 9.88. The Morgan fingerprint density at radius 2 is 1.71 bits per heavy atom. The van der Waals surface area contributed by atoms with Gasteiger partial charge in [0.05, 0.1) is 12.7 Å². The van der Waals surface area contributed by atoms with Crippen molar-refractivity contribution in [1.82, 2.24) is 5.32 Å². The Morgan fingerprint density at radius 1 is 1.00 bits per heavy atom. The van der Waals surface area contributed by atoms with Crippen molar-refractivity contribution in [1.29, 1.82) is 0 Å². The minimum Gasteiger partial charge on any atom is -0.493 e. The third kappa shape index (κ3) is 7.65. The van der Waals surface area contributed by atoms with Crippen molar-refractivity contribution >= 4 is 5.91 Å². The average Bonchev–Trinajstić information content (AvgIpc) is 2.68. The van der Waals surface area contributed by atoms with Crippen molar-refractivity contribution in [3.05, 3.63) is 58.9 Å². The fourth-order valence-corrected chi connectivity index (χ4v) is 2.65. The summed E-state index contributed by atoms with van der Waals surface area (Å²) in [6.45, 7) is -1.93. The molecule has 0 aliphatic heterocycles. The lowest BCUT2D eigenvalue weighted by molar-refractivity contribution is -0.153. The number of rotatable bonds is 8. The number of hydrogen-bond acceptors (Lipinski definition) is 3. The molecule has 170 valence electrons. The predicted molar refractivity (Wildman–Crippen MR) is 96.1 cm³/mol. The number of carbonyl (C=O) groups excluding carboxylic acids is 1. The van der Waals surface area contributed by atoms with Gasteiger partial charge in [0.1, 0.15) is 5.82 Å². The molecule has 31 heavy (non-hydrogen) atoms. The van der Waals surface area contributed by atoms with Crippen molar-refractivity contribution < 1.29 is 45.0 Å². The van der Waals surface area contributed by atoms with E-state index >= 15 is 0 Å². The highest BCUT2D eigenvalue weighted by Gasteiger charge is 2.33. The number of benzene rings is 2. The van der Waals surface area contributed by atoms with Gasteiger partial charge in [0, 0.05) is 13.0 Å². The molecule has 4 nitrogen and oxygen atoms in total. The Balaban J connectivity index is 1.95. The van der Waals surface area contributed by atoms with E-state index in [2.05, 4.69) is 10.1 Å². The Bertz CT molecular complexity index is 911. The van der Waals surface area contributed by atoms with Gasteiger partial charge < -0.3 is 14.8 Å². The SMILES string of the molecule is COc1cc(CCC(=O)NCc2ccc(F)cc2C(F)(F)F)ccc1OCC(F)(F)F. The van der Waals surface area contributed by atoms with E-state index in [-0.39, 0.29) is 29.9 Å². The fraction of sp³-hybridized carbons (Fsp3) is 0.350. The summed E-state index contributed by atoms with van der Waals surface area (Å²) in [5.41, 5.74) is -0.911. The number of nitrogens with one attached hydrogen (secondary N) is 1. The molecule has 0 aliphatic carbocycles. The lowest BCUT2D eigenvalue weighted by Gasteiger charge is -2.14. The largest absolute Gasteiger partial charge is 0.493 e. The maximum Gasteiger partial charge on any atom is 0.422 e. The lowest BCUT2D eigenvalue weighted by atomic mass is 10.1. The van der Waals surface area contributed by atoms with Gasteiger partial charge in [0.15, 0.2) is 18.1 Å². The molecule has 0 heterocycles. The molecule has 2 rings (SSSR count). The van der Waals surface area contributed by atoms with Crippen molar-refractivity contribution in [2.24, 2.45) is 0 Å². The molecule has 0 aliphatic rings. The van der Waals surface area contributed by atoms with Crippen LogP contribution in [0.4, 0.5) is 30.7 Å². The van der Waals surface area contributed by atoms with Crippen LogP contribution in [0.1, 0.15) is 23.1 Å². The second-order valence-electron chi connectivity index (χ2n) is 6.47. The molecule has 1 amide bonds. The Morgan fingerprint density at radius 3 is 2.32 bits per heavy atom. The third-order valence-electron chi connectivity index (χ3n) is 4.11. The zero-order valence-corrected chi connectivity index (χ0v) is 16.2. The van der Waals surface area contributed by atoms with Crippen LogP contribution in [0.2, 0.25) is 0 Å². The first-order chi connectivity index (χ1) is 14.4. The first-order valence-corrected chi connectivity index (χ1v) is 8.88. The van der Waals surface area contributed by atoms with E-state index in [9.17, 15) is 35.5 Å². The molecule has 11 heteroatoms. The molecular formula is C20H18F7NO3. The first kappa shape index (κ1) is 24.3. The highest BCUT2D eigenvalue weighted by Crippen LogP contribution is 2.33. The predicted octanol–water partition coefficient (Wildman–Crippen LogP) is 5.04. The summed E-state index contributed by atoms with van der Waals surface area (Å²) in [5.74, 6) is -1.68. The fourth-order valence-electron chi connectivity index (χ4n) is 2.65. The molecule has 2 aromatic carbocycles. The molecule has 0 bridgehead atoms. The summed E-state index contributed by atoms with van der Waals surface area (Å²) in [7, 11) is 1.24. The molecule has 0 aromatic heterocycles. The van der Waals surface area contributed by atoms with E-state index < -0.39 is 42.8 Å². The van der Waals surface area contributed by atoms with Gasteiger partial charge >= 0.3 is 12.4 Å². The van der Waals surface area contributed by atoms with E-state index in [1.54, 1.807) is 0 Å². The van der Waals surface area contributed by atoms with Gasteiger partial charge in [0.25, 0.3) is 0 Å². The number of hydrogen-bond donors (Lipinski definition) is 1. The zero-order chi connectivity index (χ0) is 23.2. The summed E-state index contributed by atoms with van der Waals surface area (Å²) < 4.78 is 98.6. The van der Waals surface area contributed by atoms with Crippen LogP contribution in [0.15, 0.2) is 36.4 Å². The number of alkyl halides is 6. The lowest BCUT2D eigenvalue weighted by Crippen LogP contribution is -2.24.